The Bertz CT molecular complexity index is 1430. The second kappa shape index (κ2) is 10.8. The average Bonchev–Trinajstić information content (AvgIpc) is 3.22. The Kier molecular flexibility index (Phi) is 7.75. The minimum Gasteiger partial charge on any atom is -0.497 e. The second-order valence-electron chi connectivity index (χ2n) is 8.62. The molecule has 194 valence electrons. The summed E-state index contributed by atoms with van der Waals surface area (Å²) in [6, 6.07) is 16.4. The molecule has 0 amide bonds. The third-order valence-corrected chi connectivity index (χ3v) is 7.37. The van der Waals surface area contributed by atoms with Gasteiger partial charge in [-0.05, 0) is 84.0 Å². The molecule has 0 aliphatic heterocycles. The number of aryl methyl sites for hydroxylation is 1. The van der Waals surface area contributed by atoms with Gasteiger partial charge in [0.1, 0.15) is 23.0 Å². The van der Waals surface area contributed by atoms with Crippen molar-refractivity contribution in [3.05, 3.63) is 82.2 Å². The largest absolute Gasteiger partial charge is 0.497 e. The number of carboxylic acid groups (broad SMARTS) is 1. The van der Waals surface area contributed by atoms with Gasteiger partial charge in [0, 0.05) is 17.3 Å². The molecular weight excluding hydrogens is 503 g/mol. The van der Waals surface area contributed by atoms with Crippen LogP contribution in [0.5, 0.6) is 11.5 Å². The quantitative estimate of drug-likeness (QED) is 0.222. The molecule has 0 spiro atoms. The van der Waals surface area contributed by atoms with E-state index in [4.69, 9.17) is 9.47 Å². The van der Waals surface area contributed by atoms with Crippen LogP contribution in [0.4, 0.5) is 13.2 Å². The van der Waals surface area contributed by atoms with Gasteiger partial charge in [-0.25, -0.2) is 4.79 Å². The number of hydrogen-bond donors (Lipinski definition) is 2. The molecule has 1 atom stereocenters. The van der Waals surface area contributed by atoms with Crippen molar-refractivity contribution in [3.8, 4) is 22.6 Å². The number of alkyl halides is 3. The first-order chi connectivity index (χ1) is 17.6. The van der Waals surface area contributed by atoms with E-state index in [1.807, 2.05) is 31.2 Å². The minimum absolute atomic E-state index is 0.00737. The first-order valence-electron chi connectivity index (χ1n) is 11.6. The summed E-state index contributed by atoms with van der Waals surface area (Å²) in [6.07, 6.45) is -4.55. The highest BCUT2D eigenvalue weighted by atomic mass is 32.1. The maximum absolute atomic E-state index is 13.7. The number of nitrogens with one attached hydrogen (secondary N) is 1. The number of benzene rings is 3. The van der Waals surface area contributed by atoms with Gasteiger partial charge in [-0.2, -0.15) is 13.2 Å². The van der Waals surface area contributed by atoms with Crippen LogP contribution < -0.4 is 14.8 Å². The Morgan fingerprint density at radius 1 is 1.05 bits per heavy atom. The van der Waals surface area contributed by atoms with E-state index in [0.717, 1.165) is 39.5 Å². The van der Waals surface area contributed by atoms with Crippen molar-refractivity contribution in [1.82, 2.24) is 5.32 Å². The maximum atomic E-state index is 13.7. The van der Waals surface area contributed by atoms with Gasteiger partial charge >= 0.3 is 12.1 Å². The summed E-state index contributed by atoms with van der Waals surface area (Å²) in [5.41, 5.74) is 1.68. The molecule has 4 aromatic rings. The van der Waals surface area contributed by atoms with Gasteiger partial charge in [-0.15, -0.1) is 11.3 Å². The zero-order chi connectivity index (χ0) is 26.7. The fourth-order valence-corrected chi connectivity index (χ4v) is 5.12. The van der Waals surface area contributed by atoms with E-state index < -0.39 is 17.7 Å². The Balaban J connectivity index is 1.53. The molecule has 5 nitrogen and oxygen atoms in total. The molecule has 3 aromatic carbocycles. The van der Waals surface area contributed by atoms with Crippen LogP contribution in [0.15, 0.2) is 60.7 Å². The van der Waals surface area contributed by atoms with Crippen LogP contribution in [0.1, 0.15) is 39.3 Å². The predicted octanol–water partition coefficient (Wildman–Crippen LogP) is 7.33. The average molecular weight is 530 g/mol. The summed E-state index contributed by atoms with van der Waals surface area (Å²) in [6.45, 7) is 4.27. The van der Waals surface area contributed by atoms with Crippen LogP contribution in [-0.2, 0) is 6.18 Å². The first-order valence-corrected chi connectivity index (χ1v) is 12.4. The second-order valence-corrected chi connectivity index (χ2v) is 9.67. The van der Waals surface area contributed by atoms with E-state index in [2.05, 4.69) is 5.32 Å². The molecule has 0 unspecified atom stereocenters. The summed E-state index contributed by atoms with van der Waals surface area (Å²) in [5.74, 6) is -0.174. The smallest absolute Gasteiger partial charge is 0.416 e. The minimum atomic E-state index is -4.55. The SMILES string of the molecule is COc1cccc([C@@H](C)NCCOc2cc(-c3ccc4sc(C(=O)O)c(C)c4c3)cc(C(F)(F)F)c2)c1. The predicted molar refractivity (Wildman–Crippen MR) is 139 cm³/mol. The van der Waals surface area contributed by atoms with Gasteiger partial charge < -0.3 is 19.9 Å². The highest BCUT2D eigenvalue weighted by Gasteiger charge is 2.31. The van der Waals surface area contributed by atoms with Crippen LogP contribution in [0.25, 0.3) is 21.2 Å². The molecule has 37 heavy (non-hydrogen) atoms. The Morgan fingerprint density at radius 2 is 1.84 bits per heavy atom. The van der Waals surface area contributed by atoms with E-state index in [0.29, 0.717) is 28.6 Å². The van der Waals surface area contributed by atoms with Crippen LogP contribution >= 0.6 is 11.3 Å². The third-order valence-electron chi connectivity index (χ3n) is 6.11. The molecule has 1 aromatic heterocycles. The lowest BCUT2D eigenvalue weighted by Gasteiger charge is -2.17. The molecule has 1 heterocycles. The van der Waals surface area contributed by atoms with E-state index in [9.17, 15) is 23.1 Å². The number of methoxy groups -OCH3 is 1. The van der Waals surface area contributed by atoms with Gasteiger partial charge in [0.2, 0.25) is 0 Å². The van der Waals surface area contributed by atoms with Crippen molar-refractivity contribution in [2.75, 3.05) is 20.3 Å². The monoisotopic (exact) mass is 529 g/mol. The van der Waals surface area contributed by atoms with E-state index in [-0.39, 0.29) is 23.3 Å². The first kappa shape index (κ1) is 26.5. The Morgan fingerprint density at radius 3 is 2.54 bits per heavy atom. The summed E-state index contributed by atoms with van der Waals surface area (Å²) in [4.78, 5) is 11.7. The van der Waals surface area contributed by atoms with Crippen LogP contribution in [0.3, 0.4) is 0 Å². The Hall–Kier alpha value is -3.56. The summed E-state index contributed by atoms with van der Waals surface area (Å²) in [5, 5.41) is 13.4. The van der Waals surface area contributed by atoms with Crippen molar-refractivity contribution in [3.63, 3.8) is 0 Å². The van der Waals surface area contributed by atoms with Crippen molar-refractivity contribution in [2.24, 2.45) is 0 Å². The highest BCUT2D eigenvalue weighted by molar-refractivity contribution is 7.21. The number of aromatic carboxylic acids is 1. The summed E-state index contributed by atoms with van der Waals surface area (Å²) >= 11 is 1.14. The van der Waals surface area contributed by atoms with Crippen LogP contribution in [-0.4, -0.2) is 31.3 Å². The lowest BCUT2D eigenvalue weighted by Crippen LogP contribution is -2.24. The molecule has 9 heteroatoms. The van der Waals surface area contributed by atoms with E-state index in [1.165, 1.54) is 0 Å². The molecular formula is C28H26F3NO4S. The van der Waals surface area contributed by atoms with Crippen molar-refractivity contribution in [1.29, 1.82) is 0 Å². The zero-order valence-corrected chi connectivity index (χ0v) is 21.3. The molecule has 0 bridgehead atoms. The standard InChI is InChI=1S/C28H26F3NO4S/c1-16-24-14-19(7-8-25(24)37-26(16)27(33)34)20-11-21(28(29,30)31)15-23(13-20)36-10-9-32-17(2)18-5-4-6-22(12-18)35-3/h4-8,11-15,17,32H,9-10H2,1-3H3,(H,33,34)/t17-/m1/s1. The van der Waals surface area contributed by atoms with E-state index in [1.54, 1.807) is 38.3 Å². The number of rotatable bonds is 9. The molecule has 0 fully saturated rings. The molecule has 0 saturated heterocycles. The molecule has 0 aliphatic rings. The lowest BCUT2D eigenvalue weighted by atomic mass is 10.00. The number of fused-ring (bicyclic) bond motifs is 1. The van der Waals surface area contributed by atoms with Gasteiger partial charge in [-0.3, -0.25) is 0 Å². The van der Waals surface area contributed by atoms with Crippen molar-refractivity contribution in [2.45, 2.75) is 26.1 Å². The number of ether oxygens (including phenoxy) is 2. The van der Waals surface area contributed by atoms with Crippen LogP contribution in [0.2, 0.25) is 0 Å². The maximum Gasteiger partial charge on any atom is 0.416 e. The third kappa shape index (κ3) is 6.06. The van der Waals surface area contributed by atoms with E-state index >= 15 is 0 Å². The number of thiophene rings is 1. The molecule has 0 saturated carbocycles. The summed E-state index contributed by atoms with van der Waals surface area (Å²) in [7, 11) is 1.60. The fourth-order valence-electron chi connectivity index (χ4n) is 4.09. The summed E-state index contributed by atoms with van der Waals surface area (Å²) < 4.78 is 52.8. The fraction of sp³-hybridized carbons (Fsp3) is 0.250. The number of carbonyl (C=O) groups is 1. The van der Waals surface area contributed by atoms with Gasteiger partial charge in [0.05, 0.1) is 12.7 Å². The highest BCUT2D eigenvalue weighted by Crippen LogP contribution is 2.38. The van der Waals surface area contributed by atoms with Gasteiger partial charge in [-0.1, -0.05) is 18.2 Å². The lowest BCUT2D eigenvalue weighted by molar-refractivity contribution is -0.137. The molecule has 4 rings (SSSR count). The van der Waals surface area contributed by atoms with Gasteiger partial charge in [0.15, 0.2) is 0 Å². The zero-order valence-electron chi connectivity index (χ0n) is 20.5. The number of hydrogen-bond acceptors (Lipinski definition) is 5. The molecule has 0 radical (unpaired) electrons. The molecule has 0 aliphatic carbocycles. The number of carboxylic acids is 1. The van der Waals surface area contributed by atoms with Crippen LogP contribution in [0, 0.1) is 6.92 Å². The van der Waals surface area contributed by atoms with Crippen molar-refractivity contribution < 1.29 is 32.5 Å². The topological polar surface area (TPSA) is 67.8 Å². The van der Waals surface area contributed by atoms with Gasteiger partial charge in [0.25, 0.3) is 0 Å². The Labute approximate surface area is 216 Å². The molecule has 2 N–H and O–H groups in total. The number of halogens is 3. The normalized spacial score (nSPS) is 12.5. The van der Waals surface area contributed by atoms with Crippen molar-refractivity contribution >= 4 is 27.4 Å².